The molecule has 0 aliphatic rings. The Morgan fingerprint density at radius 1 is 0.415 bits per heavy atom. The first-order valence-corrected chi connectivity index (χ1v) is 35.6. The lowest BCUT2D eigenvalue weighted by Gasteiger charge is -2.21. The van der Waals surface area contributed by atoms with Crippen LogP contribution in [0.2, 0.25) is 0 Å². The second kappa shape index (κ2) is 44.9. The van der Waals surface area contributed by atoms with Gasteiger partial charge in [-0.2, -0.15) is 0 Å². The van der Waals surface area contributed by atoms with Crippen molar-refractivity contribution in [3.63, 3.8) is 0 Å². The number of Topliss-reactive ketones (excluding diaryl/α,β-unsaturated/α-hetero) is 6. The molecule has 574 valence electrons. The Balaban J connectivity index is 1.09. The zero-order valence-corrected chi connectivity index (χ0v) is 63.0. The molecule has 0 aromatic heterocycles. The van der Waals surface area contributed by atoms with Crippen LogP contribution in [0, 0.1) is 11.8 Å². The van der Waals surface area contributed by atoms with Crippen LogP contribution in [0.3, 0.4) is 0 Å². The van der Waals surface area contributed by atoms with Crippen LogP contribution >= 0.6 is 0 Å². The van der Waals surface area contributed by atoms with E-state index < -0.39 is 108 Å². The van der Waals surface area contributed by atoms with Gasteiger partial charge in [0.25, 0.3) is 5.91 Å². The summed E-state index contributed by atoms with van der Waals surface area (Å²) in [5.41, 5.74) is 0.579. The summed E-state index contributed by atoms with van der Waals surface area (Å²) in [6.45, 7) is 18.4. The van der Waals surface area contributed by atoms with E-state index in [2.05, 4.69) is 36.6 Å². The maximum absolute atomic E-state index is 13.6. The number of benzene rings is 4. The maximum Gasteiger partial charge on any atom is 0.413 e. The van der Waals surface area contributed by atoms with E-state index in [1.807, 2.05) is 0 Å². The number of aliphatic imine (C=N–C) groups is 2. The lowest BCUT2D eigenvalue weighted by Crippen LogP contribution is -2.45. The normalized spacial score (nSPS) is 12.7. The van der Waals surface area contributed by atoms with Crippen molar-refractivity contribution in [1.82, 2.24) is 26.6 Å². The molecule has 0 bridgehead atoms. The van der Waals surface area contributed by atoms with E-state index in [1.165, 1.54) is 88.4 Å². The molecule has 0 aliphatic heterocycles. The van der Waals surface area contributed by atoms with Crippen molar-refractivity contribution >= 4 is 106 Å². The summed E-state index contributed by atoms with van der Waals surface area (Å²) in [6.07, 6.45) is 6.35. The zero-order chi connectivity index (χ0) is 78.5. The molecule has 27 heteroatoms. The Morgan fingerprint density at radius 2 is 0.811 bits per heavy atom. The van der Waals surface area contributed by atoms with E-state index in [0.717, 1.165) is 57.8 Å². The van der Waals surface area contributed by atoms with Crippen molar-refractivity contribution in [3.8, 4) is 17.2 Å². The summed E-state index contributed by atoms with van der Waals surface area (Å²) in [7, 11) is 0. The maximum atomic E-state index is 13.6. The van der Waals surface area contributed by atoms with Crippen LogP contribution in [0.1, 0.15) is 225 Å². The molecule has 0 heterocycles. The number of ether oxygens (including phenoxy) is 6. The van der Waals surface area contributed by atoms with Gasteiger partial charge in [0.1, 0.15) is 69.9 Å². The molecular formula is C79H103N7O20. The molecule has 5 amide bonds. The van der Waals surface area contributed by atoms with E-state index in [1.54, 1.807) is 91.8 Å². The highest BCUT2D eigenvalue weighted by atomic mass is 16.6. The molecule has 27 nitrogen and oxygen atoms in total. The van der Waals surface area contributed by atoms with Gasteiger partial charge in [0, 0.05) is 45.1 Å². The fourth-order valence-electron chi connectivity index (χ4n) is 10.6. The highest BCUT2D eigenvalue weighted by Gasteiger charge is 2.32. The summed E-state index contributed by atoms with van der Waals surface area (Å²) < 4.78 is 32.5. The highest BCUT2D eigenvalue weighted by molar-refractivity contribution is 5.99. The molecule has 0 fully saturated rings. The van der Waals surface area contributed by atoms with Gasteiger partial charge in [0.2, 0.25) is 11.8 Å². The fraction of sp³-hybridized carbons (Fsp3) is 0.494. The quantitative estimate of drug-likeness (QED) is 0.00686. The Hall–Kier alpha value is -10.6. The Morgan fingerprint density at radius 3 is 1.25 bits per heavy atom. The van der Waals surface area contributed by atoms with Gasteiger partial charge in [-0.1, -0.05) is 69.9 Å². The minimum Gasteiger partial charge on any atom is -0.484 e. The average Bonchev–Trinajstić information content (AvgIpc) is 0.876. The average molecular weight is 1470 g/mol. The largest absolute Gasteiger partial charge is 0.484 e. The zero-order valence-electron chi connectivity index (χ0n) is 63.0. The minimum absolute atomic E-state index is 0.119. The summed E-state index contributed by atoms with van der Waals surface area (Å²) in [5.74, 6) is -7.33. The molecule has 4 aromatic rings. The smallest absolute Gasteiger partial charge is 0.413 e. The van der Waals surface area contributed by atoms with Crippen molar-refractivity contribution in [2.75, 3.05) is 13.2 Å². The fourth-order valence-corrected chi connectivity index (χ4v) is 10.6. The first kappa shape index (κ1) is 87.8. The molecular weight excluding hydrogens is 1370 g/mol. The molecule has 0 saturated carbocycles. The summed E-state index contributed by atoms with van der Waals surface area (Å²) >= 11 is 0. The molecule has 106 heavy (non-hydrogen) atoms. The van der Waals surface area contributed by atoms with Crippen LogP contribution in [-0.4, -0.2) is 131 Å². The van der Waals surface area contributed by atoms with Gasteiger partial charge < -0.3 is 54.0 Å². The Kier molecular flexibility index (Phi) is 37.2. The predicted molar refractivity (Wildman–Crippen MR) is 395 cm³/mol. The number of amides is 5. The number of carbonyl (C=O) groups excluding carboxylic acids is 14. The van der Waals surface area contributed by atoms with E-state index in [0.29, 0.717) is 36.3 Å². The molecule has 4 atom stereocenters. The highest BCUT2D eigenvalue weighted by Crippen LogP contribution is 2.24. The monoisotopic (exact) mass is 1470 g/mol. The standard InChI is InChI=1S/C79H103N7O20/c1-50(87)42-59(46-69(92)67(45-53(4)90)85-70(93)49-101-63-37-39-65(40-38-63)104-75(98)58-29-33-62(34-30-58)82-55(6)84-77(100)106-79(10,11)12)72(95)80-41-23-21-19-17-15-13-14-16-18-20-22-24-68(91)66(44-52(3)89)86-73(96)60(43-51(2)88)47-71(94)102-48-56-25-35-64(36-26-56)103-74(97)57-27-31-61(32-28-57)81-54(5)83-76(99)105-78(7,8)9/h25-40,59-60,66-67H,13-24,41-49H2,1-12H3,(H,80,95)(H,85,93)(H,86,96)(H,81,83,99)(H,82,84,100)/t59-,60-,66+,67+/m1/s1. The third-order valence-electron chi connectivity index (χ3n) is 15.6. The number of esters is 3. The number of amidine groups is 2. The predicted octanol–water partition coefficient (Wildman–Crippen LogP) is 12.2. The van der Waals surface area contributed by atoms with E-state index in [-0.39, 0.29) is 108 Å². The minimum atomic E-state index is -1.28. The summed E-state index contributed by atoms with van der Waals surface area (Å²) in [6, 6.07) is 22.0. The second-order valence-corrected chi connectivity index (χ2v) is 28.1. The lowest BCUT2D eigenvalue weighted by molar-refractivity contribution is -0.148. The topological polar surface area (TPSA) is 379 Å². The molecule has 0 aliphatic carbocycles. The van der Waals surface area contributed by atoms with Crippen molar-refractivity contribution in [2.24, 2.45) is 21.8 Å². The first-order chi connectivity index (χ1) is 50.0. The number of rotatable bonds is 43. The summed E-state index contributed by atoms with van der Waals surface area (Å²) in [4.78, 5) is 187. The Labute approximate surface area is 619 Å². The molecule has 0 radical (unpaired) electrons. The van der Waals surface area contributed by atoms with E-state index in [9.17, 15) is 67.1 Å². The van der Waals surface area contributed by atoms with Crippen LogP contribution < -0.4 is 40.8 Å². The number of unbranched alkanes of at least 4 members (excludes halogenated alkanes) is 10. The molecule has 4 aromatic carbocycles. The number of hydrogen-bond acceptors (Lipinski definition) is 22. The van der Waals surface area contributed by atoms with Crippen LogP contribution in [0.15, 0.2) is 107 Å². The first-order valence-electron chi connectivity index (χ1n) is 35.6. The van der Waals surface area contributed by atoms with Crippen molar-refractivity contribution in [1.29, 1.82) is 0 Å². The van der Waals surface area contributed by atoms with Crippen LogP contribution in [0.5, 0.6) is 17.2 Å². The third kappa shape index (κ3) is 37.2. The van der Waals surface area contributed by atoms with E-state index in [4.69, 9.17) is 28.4 Å². The Bertz CT molecular complexity index is 3500. The van der Waals surface area contributed by atoms with Gasteiger partial charge in [-0.15, -0.1) is 0 Å². The molecule has 4 rings (SSSR count). The lowest BCUT2D eigenvalue weighted by atomic mass is 9.91. The number of carbonyl (C=O) groups is 14. The van der Waals surface area contributed by atoms with Gasteiger partial charge in [0.05, 0.1) is 52.8 Å². The number of nitrogens with zero attached hydrogens (tertiary/aromatic N) is 2. The van der Waals surface area contributed by atoms with Gasteiger partial charge in [-0.25, -0.2) is 29.2 Å². The van der Waals surface area contributed by atoms with E-state index >= 15 is 0 Å². The molecule has 0 saturated heterocycles. The number of ketones is 6. The van der Waals surface area contributed by atoms with Gasteiger partial charge in [0.15, 0.2) is 18.2 Å². The van der Waals surface area contributed by atoms with Gasteiger partial charge >= 0.3 is 30.1 Å². The van der Waals surface area contributed by atoms with Crippen molar-refractivity contribution < 1.29 is 95.5 Å². The number of alkyl carbamates (subject to hydrolysis) is 2. The van der Waals surface area contributed by atoms with Gasteiger partial charge in [-0.05, 0) is 186 Å². The molecule has 0 unspecified atom stereocenters. The van der Waals surface area contributed by atoms with Crippen LogP contribution in [-0.2, 0) is 68.8 Å². The number of nitrogens with one attached hydrogen (secondary N) is 5. The molecule has 0 spiro atoms. The third-order valence-corrected chi connectivity index (χ3v) is 15.6. The van der Waals surface area contributed by atoms with Crippen molar-refractivity contribution in [3.05, 3.63) is 114 Å². The number of hydrogen-bond donors (Lipinski definition) is 5. The van der Waals surface area contributed by atoms with Crippen molar-refractivity contribution in [2.45, 2.75) is 229 Å². The van der Waals surface area contributed by atoms with Crippen LogP contribution in [0.25, 0.3) is 0 Å². The van der Waals surface area contributed by atoms with Gasteiger partial charge in [-0.3, -0.25) is 49.0 Å². The summed E-state index contributed by atoms with van der Waals surface area (Å²) in [5, 5.41) is 13.1. The van der Waals surface area contributed by atoms with Crippen LogP contribution in [0.4, 0.5) is 21.0 Å². The SMILES string of the molecule is CC(=O)C[C@H](CC(=O)[C@H](CC(C)=O)NC(=O)COc1ccc(OC(=O)c2ccc(N=C(C)NC(=O)OC(C)(C)C)cc2)cc1)C(=O)NCCCCCCCCCCCCCC(=O)[C@H](CC(C)=O)NC(=O)[C@H](CC(C)=O)CC(=O)OCc1ccc(OC(=O)c2ccc(N=C(C)NC(=O)OC(C)(C)C)cc2)cc1. The second-order valence-electron chi connectivity index (χ2n) is 28.1. The molecule has 5 N–H and O–H groups in total.